The first kappa shape index (κ1) is 18.5. The molecule has 2 aromatic carbocycles. The number of hydrogen-bond acceptors (Lipinski definition) is 3. The highest BCUT2D eigenvalue weighted by Gasteiger charge is 2.16. The molecular formula is C16H18ClN3O2S2. The van der Waals surface area contributed by atoms with Crippen molar-refractivity contribution in [2.24, 2.45) is 0 Å². The average molecular weight is 384 g/mol. The van der Waals surface area contributed by atoms with Crippen molar-refractivity contribution in [2.75, 3.05) is 16.6 Å². The zero-order valence-corrected chi connectivity index (χ0v) is 15.6. The molecule has 5 nitrogen and oxygen atoms in total. The van der Waals surface area contributed by atoms with E-state index in [-0.39, 0.29) is 4.90 Å². The van der Waals surface area contributed by atoms with E-state index in [0.717, 1.165) is 5.56 Å². The van der Waals surface area contributed by atoms with E-state index in [2.05, 4.69) is 15.4 Å². The van der Waals surface area contributed by atoms with Gasteiger partial charge < -0.3 is 10.6 Å². The third kappa shape index (κ3) is 4.83. The maximum Gasteiger partial charge on any atom is 0.261 e. The van der Waals surface area contributed by atoms with Crippen LogP contribution in [-0.4, -0.2) is 20.1 Å². The Bertz CT molecular complexity index is 837. The monoisotopic (exact) mass is 383 g/mol. The van der Waals surface area contributed by atoms with E-state index in [9.17, 15) is 8.42 Å². The number of thiocarbonyl (C=S) groups is 1. The summed E-state index contributed by atoms with van der Waals surface area (Å²) >= 11 is 11.0. The number of rotatable bonds is 5. The average Bonchev–Trinajstić information content (AvgIpc) is 2.51. The molecule has 0 aliphatic heterocycles. The molecule has 128 valence electrons. The fraction of sp³-hybridized carbons (Fsp3) is 0.188. The van der Waals surface area contributed by atoms with Gasteiger partial charge in [0.15, 0.2) is 5.11 Å². The van der Waals surface area contributed by atoms with Crippen LogP contribution in [0.5, 0.6) is 0 Å². The van der Waals surface area contributed by atoms with Crippen molar-refractivity contribution in [3.63, 3.8) is 0 Å². The van der Waals surface area contributed by atoms with Gasteiger partial charge in [0.05, 0.1) is 4.90 Å². The Labute approximate surface area is 152 Å². The van der Waals surface area contributed by atoms with E-state index >= 15 is 0 Å². The molecule has 0 atom stereocenters. The summed E-state index contributed by atoms with van der Waals surface area (Å²) in [6, 6.07) is 11.3. The van der Waals surface area contributed by atoms with Crippen LogP contribution in [-0.2, 0) is 10.0 Å². The van der Waals surface area contributed by atoms with Gasteiger partial charge in [0, 0.05) is 22.9 Å². The Hall–Kier alpha value is -1.83. The molecule has 0 amide bonds. The van der Waals surface area contributed by atoms with Gasteiger partial charge in [0.2, 0.25) is 0 Å². The lowest BCUT2D eigenvalue weighted by atomic mass is 10.2. The highest BCUT2D eigenvalue weighted by Crippen LogP contribution is 2.23. The molecule has 0 radical (unpaired) electrons. The van der Waals surface area contributed by atoms with Crippen LogP contribution in [0.25, 0.3) is 0 Å². The fourth-order valence-corrected chi connectivity index (χ4v) is 3.43. The number of nitrogens with one attached hydrogen (secondary N) is 3. The van der Waals surface area contributed by atoms with Crippen LogP contribution >= 0.6 is 23.8 Å². The van der Waals surface area contributed by atoms with Crippen molar-refractivity contribution < 1.29 is 8.42 Å². The molecule has 0 saturated heterocycles. The molecular weight excluding hydrogens is 366 g/mol. The third-order valence-electron chi connectivity index (χ3n) is 3.20. The second kappa shape index (κ2) is 7.83. The Kier molecular flexibility index (Phi) is 6.04. The van der Waals surface area contributed by atoms with Crippen molar-refractivity contribution in [3.05, 3.63) is 53.1 Å². The van der Waals surface area contributed by atoms with Gasteiger partial charge in [-0.2, -0.15) is 0 Å². The zero-order valence-electron chi connectivity index (χ0n) is 13.3. The zero-order chi connectivity index (χ0) is 17.7. The number of halogens is 1. The van der Waals surface area contributed by atoms with Crippen molar-refractivity contribution in [3.8, 4) is 0 Å². The van der Waals surface area contributed by atoms with Gasteiger partial charge in [0.1, 0.15) is 0 Å². The number of aryl methyl sites for hydroxylation is 1. The Balaban J connectivity index is 2.26. The summed E-state index contributed by atoms with van der Waals surface area (Å²) in [4.78, 5) is 0.143. The first-order chi connectivity index (χ1) is 11.3. The lowest BCUT2D eigenvalue weighted by Gasteiger charge is -2.14. The van der Waals surface area contributed by atoms with Crippen molar-refractivity contribution in [2.45, 2.75) is 18.7 Å². The normalized spacial score (nSPS) is 11.0. The summed E-state index contributed by atoms with van der Waals surface area (Å²) < 4.78 is 27.6. The molecule has 0 heterocycles. The van der Waals surface area contributed by atoms with E-state index in [1.165, 1.54) is 0 Å². The molecule has 2 rings (SSSR count). The lowest BCUT2D eigenvalue weighted by molar-refractivity contribution is 0.601. The minimum absolute atomic E-state index is 0.143. The van der Waals surface area contributed by atoms with E-state index in [4.69, 9.17) is 23.8 Å². The van der Waals surface area contributed by atoms with Crippen molar-refractivity contribution in [1.82, 2.24) is 5.32 Å². The Morgan fingerprint density at radius 1 is 1.17 bits per heavy atom. The Morgan fingerprint density at radius 2 is 1.83 bits per heavy atom. The van der Waals surface area contributed by atoms with Crippen molar-refractivity contribution in [1.29, 1.82) is 0 Å². The summed E-state index contributed by atoms with van der Waals surface area (Å²) in [7, 11) is -3.71. The van der Waals surface area contributed by atoms with Gasteiger partial charge in [-0.05, 0) is 68.0 Å². The van der Waals surface area contributed by atoms with Crippen LogP contribution in [0.3, 0.4) is 0 Å². The van der Waals surface area contributed by atoms with Gasteiger partial charge >= 0.3 is 0 Å². The van der Waals surface area contributed by atoms with Gasteiger partial charge in [0.25, 0.3) is 10.0 Å². The summed E-state index contributed by atoms with van der Waals surface area (Å²) in [5.41, 5.74) is 1.97. The number of benzene rings is 2. The van der Waals surface area contributed by atoms with Crippen molar-refractivity contribution >= 4 is 50.3 Å². The molecule has 8 heteroatoms. The molecule has 0 aliphatic carbocycles. The lowest BCUT2D eigenvalue weighted by Crippen LogP contribution is -2.28. The van der Waals surface area contributed by atoms with Crippen LogP contribution in [0.15, 0.2) is 47.4 Å². The minimum Gasteiger partial charge on any atom is -0.363 e. The smallest absolute Gasteiger partial charge is 0.261 e. The summed E-state index contributed by atoms with van der Waals surface area (Å²) in [5, 5.41) is 6.96. The molecule has 0 aliphatic rings. The molecule has 2 aromatic rings. The van der Waals surface area contributed by atoms with Gasteiger partial charge in [-0.15, -0.1) is 0 Å². The quantitative estimate of drug-likeness (QED) is 0.686. The maximum absolute atomic E-state index is 12.5. The third-order valence-corrected chi connectivity index (χ3v) is 5.08. The summed E-state index contributed by atoms with van der Waals surface area (Å²) in [5.74, 6) is 0. The van der Waals surface area contributed by atoms with Crippen LogP contribution in [0.2, 0.25) is 5.02 Å². The van der Waals surface area contributed by atoms with Gasteiger partial charge in [-0.1, -0.05) is 17.7 Å². The van der Waals surface area contributed by atoms with Crippen LogP contribution in [0.1, 0.15) is 12.5 Å². The number of hydrogen-bond donors (Lipinski definition) is 3. The van der Waals surface area contributed by atoms with E-state index in [0.29, 0.717) is 28.1 Å². The van der Waals surface area contributed by atoms with E-state index < -0.39 is 10.0 Å². The minimum atomic E-state index is -3.71. The standard InChI is InChI=1S/C16H18ClN3O2S2/c1-3-18-16(23)19-15-10-14(9-4-11(15)2)24(21,22)20-13-7-5-12(17)6-8-13/h4-10,20H,3H2,1-2H3,(H2,18,19,23). The summed E-state index contributed by atoms with van der Waals surface area (Å²) in [6.45, 7) is 4.48. The maximum atomic E-state index is 12.5. The number of sulfonamides is 1. The summed E-state index contributed by atoms with van der Waals surface area (Å²) in [6.07, 6.45) is 0. The fourth-order valence-electron chi connectivity index (χ4n) is 1.96. The topological polar surface area (TPSA) is 70.2 Å². The van der Waals surface area contributed by atoms with Crippen LogP contribution in [0.4, 0.5) is 11.4 Å². The molecule has 0 aromatic heterocycles. The second-order valence-electron chi connectivity index (χ2n) is 5.07. The SMILES string of the molecule is CCNC(=S)Nc1cc(S(=O)(=O)Nc2ccc(Cl)cc2)ccc1C. The predicted molar refractivity (Wildman–Crippen MR) is 103 cm³/mol. The highest BCUT2D eigenvalue weighted by molar-refractivity contribution is 7.92. The second-order valence-corrected chi connectivity index (χ2v) is 7.60. The number of anilines is 2. The van der Waals surface area contributed by atoms with Crippen LogP contribution < -0.4 is 15.4 Å². The van der Waals surface area contributed by atoms with E-state index in [1.807, 2.05) is 13.8 Å². The first-order valence-electron chi connectivity index (χ1n) is 7.25. The molecule has 0 fully saturated rings. The molecule has 0 unspecified atom stereocenters. The van der Waals surface area contributed by atoms with E-state index in [1.54, 1.807) is 42.5 Å². The van der Waals surface area contributed by atoms with Gasteiger partial charge in [-0.3, -0.25) is 4.72 Å². The molecule has 0 bridgehead atoms. The molecule has 0 spiro atoms. The molecule has 24 heavy (non-hydrogen) atoms. The molecule has 3 N–H and O–H groups in total. The Morgan fingerprint density at radius 3 is 2.46 bits per heavy atom. The largest absolute Gasteiger partial charge is 0.363 e. The highest BCUT2D eigenvalue weighted by atomic mass is 35.5. The van der Waals surface area contributed by atoms with Crippen LogP contribution in [0, 0.1) is 6.92 Å². The first-order valence-corrected chi connectivity index (χ1v) is 9.52. The van der Waals surface area contributed by atoms with Gasteiger partial charge in [-0.25, -0.2) is 8.42 Å². The predicted octanol–water partition coefficient (Wildman–Crippen LogP) is 3.76. The molecule has 0 saturated carbocycles.